The first-order chi connectivity index (χ1) is 11.6. The Kier molecular flexibility index (Phi) is 3.59. The summed E-state index contributed by atoms with van der Waals surface area (Å²) in [6.07, 6.45) is 5.85. The molecule has 0 aromatic carbocycles. The van der Waals surface area contributed by atoms with Crippen molar-refractivity contribution in [3.63, 3.8) is 0 Å². The van der Waals surface area contributed by atoms with E-state index >= 15 is 0 Å². The zero-order valence-corrected chi connectivity index (χ0v) is 13.9. The van der Waals surface area contributed by atoms with Crippen molar-refractivity contribution in [3.05, 3.63) is 47.6 Å². The number of aryl methyl sites for hydroxylation is 2. The summed E-state index contributed by atoms with van der Waals surface area (Å²) in [5.41, 5.74) is 3.43. The van der Waals surface area contributed by atoms with Crippen LogP contribution in [0.3, 0.4) is 0 Å². The predicted molar refractivity (Wildman–Crippen MR) is 89.8 cm³/mol. The highest BCUT2D eigenvalue weighted by atomic mass is 16.3. The molecule has 4 rings (SSSR count). The van der Waals surface area contributed by atoms with Crippen molar-refractivity contribution in [1.82, 2.24) is 19.7 Å². The van der Waals surface area contributed by atoms with Crippen LogP contribution in [-0.4, -0.2) is 38.2 Å². The zero-order chi connectivity index (χ0) is 16.7. The minimum Gasteiger partial charge on any atom is -0.449 e. The van der Waals surface area contributed by atoms with Gasteiger partial charge in [-0.25, -0.2) is 4.98 Å². The molecule has 1 amide bonds. The summed E-state index contributed by atoms with van der Waals surface area (Å²) in [6, 6.07) is 5.65. The predicted octanol–water partition coefficient (Wildman–Crippen LogP) is 2.95. The highest BCUT2D eigenvalue weighted by Gasteiger charge is 2.31. The van der Waals surface area contributed by atoms with Gasteiger partial charge in [0.1, 0.15) is 5.52 Å². The van der Waals surface area contributed by atoms with Crippen molar-refractivity contribution in [3.8, 4) is 0 Å². The number of carbonyl (C=O) groups is 1. The number of carbonyl (C=O) groups excluding carboxylic acids is 1. The molecule has 0 spiro atoms. The van der Waals surface area contributed by atoms with Gasteiger partial charge in [0.05, 0.1) is 18.8 Å². The number of furan rings is 1. The Morgan fingerprint density at radius 2 is 2.25 bits per heavy atom. The van der Waals surface area contributed by atoms with Crippen molar-refractivity contribution in [1.29, 1.82) is 0 Å². The largest absolute Gasteiger partial charge is 0.449 e. The molecule has 0 aliphatic carbocycles. The van der Waals surface area contributed by atoms with Crippen molar-refractivity contribution in [2.75, 3.05) is 6.54 Å². The number of likely N-dealkylation sites (tertiary alicyclic amines) is 1. The number of nitrogens with zero attached hydrogens (tertiary/aromatic N) is 4. The smallest absolute Gasteiger partial charge is 0.289 e. The molecular formula is C18H20N4O2. The van der Waals surface area contributed by atoms with E-state index in [2.05, 4.69) is 10.1 Å². The van der Waals surface area contributed by atoms with Crippen LogP contribution in [0.15, 0.2) is 35.0 Å². The van der Waals surface area contributed by atoms with Gasteiger partial charge in [-0.2, -0.15) is 5.10 Å². The molecule has 1 atom stereocenters. The van der Waals surface area contributed by atoms with E-state index < -0.39 is 0 Å². The third-order valence-electron chi connectivity index (χ3n) is 4.52. The van der Waals surface area contributed by atoms with E-state index in [0.717, 1.165) is 42.7 Å². The van der Waals surface area contributed by atoms with Crippen LogP contribution in [0.4, 0.5) is 0 Å². The average molecular weight is 324 g/mol. The molecule has 0 N–H and O–H groups in total. The summed E-state index contributed by atoms with van der Waals surface area (Å²) in [5, 5.41) is 4.34. The topological polar surface area (TPSA) is 64.2 Å². The van der Waals surface area contributed by atoms with Gasteiger partial charge in [-0.1, -0.05) is 0 Å². The number of amides is 1. The number of fused-ring (bicyclic) bond motifs is 1. The molecule has 6 heteroatoms. The van der Waals surface area contributed by atoms with Crippen LogP contribution in [0.1, 0.15) is 34.7 Å². The Balaban J connectivity index is 1.57. The van der Waals surface area contributed by atoms with Crippen LogP contribution in [-0.2, 0) is 6.54 Å². The molecule has 0 saturated carbocycles. The standard InChI is InChI=1S/C18H20N4O2/c1-12-9-19-21(10-12)11-14-4-3-7-22(14)18(23)17-8-15-16(24-17)6-5-13(2)20-15/h5-6,8-10,14H,3-4,7,11H2,1-2H3/t14-/m1/s1. The van der Waals surface area contributed by atoms with Crippen molar-refractivity contribution >= 4 is 17.0 Å². The Morgan fingerprint density at radius 1 is 1.38 bits per heavy atom. The number of pyridine rings is 1. The van der Waals surface area contributed by atoms with Gasteiger partial charge in [-0.3, -0.25) is 9.48 Å². The van der Waals surface area contributed by atoms with Gasteiger partial charge in [0.15, 0.2) is 11.3 Å². The first-order valence-electron chi connectivity index (χ1n) is 8.27. The van der Waals surface area contributed by atoms with Gasteiger partial charge in [0, 0.05) is 24.5 Å². The van der Waals surface area contributed by atoms with Gasteiger partial charge in [0.2, 0.25) is 0 Å². The maximum atomic E-state index is 12.9. The van der Waals surface area contributed by atoms with Gasteiger partial charge in [-0.15, -0.1) is 0 Å². The molecule has 3 aromatic rings. The normalized spacial score (nSPS) is 17.8. The van der Waals surface area contributed by atoms with E-state index in [1.165, 1.54) is 0 Å². The van der Waals surface area contributed by atoms with E-state index in [4.69, 9.17) is 4.42 Å². The van der Waals surface area contributed by atoms with Crippen LogP contribution in [0.2, 0.25) is 0 Å². The quantitative estimate of drug-likeness (QED) is 0.743. The molecule has 1 saturated heterocycles. The summed E-state index contributed by atoms with van der Waals surface area (Å²) >= 11 is 0. The number of hydrogen-bond donors (Lipinski definition) is 0. The summed E-state index contributed by atoms with van der Waals surface area (Å²) in [4.78, 5) is 19.2. The molecule has 6 nitrogen and oxygen atoms in total. The van der Waals surface area contributed by atoms with E-state index in [9.17, 15) is 4.79 Å². The second kappa shape index (κ2) is 5.78. The first-order valence-corrected chi connectivity index (χ1v) is 8.27. The SMILES string of the molecule is Cc1cnn(C[C@H]2CCCN2C(=O)c2cc3nc(C)ccc3o2)c1. The Morgan fingerprint density at radius 3 is 3.04 bits per heavy atom. The highest BCUT2D eigenvalue weighted by molar-refractivity contribution is 5.95. The zero-order valence-electron chi connectivity index (χ0n) is 13.9. The summed E-state index contributed by atoms with van der Waals surface area (Å²) in [6.45, 7) is 5.42. The maximum absolute atomic E-state index is 12.9. The Bertz CT molecular complexity index is 895. The highest BCUT2D eigenvalue weighted by Crippen LogP contribution is 2.24. The molecule has 124 valence electrons. The Hall–Kier alpha value is -2.63. The fourth-order valence-corrected chi connectivity index (χ4v) is 3.35. The summed E-state index contributed by atoms with van der Waals surface area (Å²) < 4.78 is 7.64. The van der Waals surface area contributed by atoms with E-state index in [1.807, 2.05) is 48.0 Å². The van der Waals surface area contributed by atoms with Crippen LogP contribution < -0.4 is 0 Å². The number of hydrogen-bond acceptors (Lipinski definition) is 4. The first kappa shape index (κ1) is 14.9. The molecule has 4 heterocycles. The lowest BCUT2D eigenvalue weighted by molar-refractivity contribution is 0.0691. The monoisotopic (exact) mass is 324 g/mol. The second-order valence-corrected chi connectivity index (χ2v) is 6.48. The molecule has 3 aromatic heterocycles. The van der Waals surface area contributed by atoms with Crippen LogP contribution in [0.25, 0.3) is 11.1 Å². The van der Waals surface area contributed by atoms with Gasteiger partial charge < -0.3 is 9.32 Å². The van der Waals surface area contributed by atoms with Gasteiger partial charge in [-0.05, 0) is 44.4 Å². The average Bonchev–Trinajstić information content (AvgIpc) is 3.26. The van der Waals surface area contributed by atoms with Crippen LogP contribution in [0.5, 0.6) is 0 Å². The molecule has 1 aliphatic heterocycles. The lowest BCUT2D eigenvalue weighted by atomic mass is 10.2. The fraction of sp³-hybridized carbons (Fsp3) is 0.389. The summed E-state index contributed by atoms with van der Waals surface area (Å²) in [5.74, 6) is 0.309. The summed E-state index contributed by atoms with van der Waals surface area (Å²) in [7, 11) is 0. The lowest BCUT2D eigenvalue weighted by Gasteiger charge is -2.23. The fourth-order valence-electron chi connectivity index (χ4n) is 3.35. The van der Waals surface area contributed by atoms with E-state index in [-0.39, 0.29) is 11.9 Å². The molecule has 0 unspecified atom stereocenters. The van der Waals surface area contributed by atoms with Crippen LogP contribution >= 0.6 is 0 Å². The molecule has 1 fully saturated rings. The Labute approximate surface area is 140 Å². The van der Waals surface area contributed by atoms with Gasteiger partial charge >= 0.3 is 0 Å². The van der Waals surface area contributed by atoms with Crippen molar-refractivity contribution < 1.29 is 9.21 Å². The van der Waals surface area contributed by atoms with E-state index in [1.54, 1.807) is 6.07 Å². The van der Waals surface area contributed by atoms with Crippen LogP contribution in [0, 0.1) is 13.8 Å². The third kappa shape index (κ3) is 2.68. The van der Waals surface area contributed by atoms with Gasteiger partial charge in [0.25, 0.3) is 5.91 Å². The van der Waals surface area contributed by atoms with E-state index in [0.29, 0.717) is 11.3 Å². The van der Waals surface area contributed by atoms with Crippen molar-refractivity contribution in [2.24, 2.45) is 0 Å². The minimum absolute atomic E-state index is 0.0583. The van der Waals surface area contributed by atoms with Crippen molar-refractivity contribution in [2.45, 2.75) is 39.3 Å². The molecular weight excluding hydrogens is 304 g/mol. The third-order valence-corrected chi connectivity index (χ3v) is 4.52. The molecule has 1 aliphatic rings. The minimum atomic E-state index is -0.0583. The maximum Gasteiger partial charge on any atom is 0.289 e. The lowest BCUT2D eigenvalue weighted by Crippen LogP contribution is -2.38. The second-order valence-electron chi connectivity index (χ2n) is 6.48. The molecule has 24 heavy (non-hydrogen) atoms. The molecule has 0 radical (unpaired) electrons. The number of rotatable bonds is 3. The number of aromatic nitrogens is 3. The molecule has 0 bridgehead atoms.